The van der Waals surface area contributed by atoms with Crippen LogP contribution >= 0.6 is 15.9 Å². The summed E-state index contributed by atoms with van der Waals surface area (Å²) in [5, 5.41) is 6.02. The number of benzene rings is 1. The summed E-state index contributed by atoms with van der Waals surface area (Å²) < 4.78 is 11.9. The quantitative estimate of drug-likeness (QED) is 0.786. The third kappa shape index (κ3) is 4.35. The van der Waals surface area contributed by atoms with Gasteiger partial charge in [0, 0.05) is 19.6 Å². The van der Waals surface area contributed by atoms with Gasteiger partial charge in [-0.2, -0.15) is 0 Å². The van der Waals surface area contributed by atoms with E-state index in [4.69, 9.17) is 9.47 Å². The molecule has 0 saturated heterocycles. The fraction of sp³-hybridized carbons (Fsp3) is 0.533. The molecule has 0 spiro atoms. The van der Waals surface area contributed by atoms with Crippen molar-refractivity contribution in [1.82, 2.24) is 10.6 Å². The van der Waals surface area contributed by atoms with Gasteiger partial charge in [-0.1, -0.05) is 0 Å². The zero-order valence-electron chi connectivity index (χ0n) is 12.5. The summed E-state index contributed by atoms with van der Waals surface area (Å²) in [5.74, 6) is 0.986. The Morgan fingerprint density at radius 3 is 2.76 bits per heavy atom. The summed E-state index contributed by atoms with van der Waals surface area (Å²) in [5.41, 5.74) is 1.12. The second kappa shape index (κ2) is 7.13. The van der Waals surface area contributed by atoms with Gasteiger partial charge in [0.05, 0.1) is 11.6 Å². The van der Waals surface area contributed by atoms with E-state index in [1.807, 2.05) is 12.1 Å². The van der Waals surface area contributed by atoms with Crippen molar-refractivity contribution in [1.29, 1.82) is 0 Å². The number of halogens is 1. The summed E-state index contributed by atoms with van der Waals surface area (Å²) >= 11 is 3.50. The van der Waals surface area contributed by atoms with Crippen molar-refractivity contribution in [3.63, 3.8) is 0 Å². The average molecular weight is 357 g/mol. The highest BCUT2D eigenvalue weighted by atomic mass is 79.9. The Kier molecular flexibility index (Phi) is 5.47. The Morgan fingerprint density at radius 2 is 2.19 bits per heavy atom. The van der Waals surface area contributed by atoms with Gasteiger partial charge in [-0.25, -0.2) is 0 Å². The minimum Gasteiger partial charge on any atom is -0.493 e. The van der Waals surface area contributed by atoms with Gasteiger partial charge < -0.3 is 20.1 Å². The fourth-order valence-corrected chi connectivity index (χ4v) is 2.56. The maximum atomic E-state index is 11.6. The predicted molar refractivity (Wildman–Crippen MR) is 84.7 cm³/mol. The summed E-state index contributed by atoms with van der Waals surface area (Å²) in [7, 11) is 3.18. The first-order chi connectivity index (χ1) is 10.0. The number of amides is 1. The number of rotatable bonds is 7. The number of nitrogens with one attached hydrogen (secondary N) is 2. The largest absolute Gasteiger partial charge is 0.493 e. The van der Waals surface area contributed by atoms with Crippen LogP contribution in [0.4, 0.5) is 0 Å². The molecule has 1 fully saturated rings. The Morgan fingerprint density at radius 1 is 1.48 bits per heavy atom. The molecule has 1 aromatic carbocycles. The molecule has 0 bridgehead atoms. The van der Waals surface area contributed by atoms with Crippen molar-refractivity contribution in [2.75, 3.05) is 14.2 Å². The number of carbonyl (C=O) groups excluding carboxylic acids is 1. The highest BCUT2D eigenvalue weighted by molar-refractivity contribution is 9.10. The molecular weight excluding hydrogens is 336 g/mol. The van der Waals surface area contributed by atoms with Crippen LogP contribution in [0, 0.1) is 0 Å². The topological polar surface area (TPSA) is 59.6 Å². The molecule has 1 unspecified atom stereocenters. The molecule has 1 amide bonds. The highest BCUT2D eigenvalue weighted by Crippen LogP contribution is 2.37. The van der Waals surface area contributed by atoms with Gasteiger partial charge in [0.1, 0.15) is 0 Å². The smallest absolute Gasteiger partial charge is 0.260 e. The molecule has 0 heterocycles. The fourth-order valence-electron chi connectivity index (χ4n) is 1.97. The van der Waals surface area contributed by atoms with Crippen LogP contribution in [0.2, 0.25) is 0 Å². The van der Waals surface area contributed by atoms with Crippen molar-refractivity contribution in [2.45, 2.75) is 38.5 Å². The Labute approximate surface area is 133 Å². The number of carbonyl (C=O) groups is 1. The first-order valence-electron chi connectivity index (χ1n) is 7.03. The standard InChI is InChI=1S/C15H21BrN2O3/c1-9(15(19)17-2)21-14-12(16)6-10(7-13(14)20-3)8-18-11-4-5-11/h6-7,9,11,18H,4-5,8H2,1-3H3,(H,17,19). The van der Waals surface area contributed by atoms with Crippen molar-refractivity contribution >= 4 is 21.8 Å². The Bertz CT molecular complexity index is 518. The Hall–Kier alpha value is -1.27. The molecule has 1 aliphatic carbocycles. The van der Waals surface area contributed by atoms with Crippen molar-refractivity contribution < 1.29 is 14.3 Å². The van der Waals surface area contributed by atoms with E-state index in [-0.39, 0.29) is 5.91 Å². The average Bonchev–Trinajstić information content (AvgIpc) is 3.30. The van der Waals surface area contributed by atoms with Gasteiger partial charge in [0.2, 0.25) is 0 Å². The summed E-state index contributed by atoms with van der Waals surface area (Å²) in [6, 6.07) is 4.58. The molecule has 1 atom stereocenters. The monoisotopic (exact) mass is 356 g/mol. The second-order valence-electron chi connectivity index (χ2n) is 5.14. The normalized spacial score (nSPS) is 15.4. The van der Waals surface area contributed by atoms with Crippen molar-refractivity contribution in [2.24, 2.45) is 0 Å². The molecule has 6 heteroatoms. The van der Waals surface area contributed by atoms with Crippen LogP contribution in [0.5, 0.6) is 11.5 Å². The van der Waals surface area contributed by atoms with Crippen LogP contribution in [0.3, 0.4) is 0 Å². The number of hydrogen-bond acceptors (Lipinski definition) is 4. The SMILES string of the molecule is CNC(=O)C(C)Oc1c(Br)cc(CNC2CC2)cc1OC. The van der Waals surface area contributed by atoms with Crippen molar-refractivity contribution in [3.8, 4) is 11.5 Å². The van der Waals surface area contributed by atoms with Crippen LogP contribution in [0.25, 0.3) is 0 Å². The lowest BCUT2D eigenvalue weighted by molar-refractivity contribution is -0.126. The van der Waals surface area contributed by atoms with Crippen LogP contribution in [0.1, 0.15) is 25.3 Å². The molecule has 1 aromatic rings. The van der Waals surface area contributed by atoms with E-state index in [1.54, 1.807) is 21.1 Å². The first-order valence-corrected chi connectivity index (χ1v) is 7.82. The summed E-state index contributed by atoms with van der Waals surface area (Å²) in [6.07, 6.45) is 1.92. The number of methoxy groups -OCH3 is 1. The molecule has 0 radical (unpaired) electrons. The van der Waals surface area contributed by atoms with Crippen LogP contribution in [-0.4, -0.2) is 32.2 Å². The molecule has 2 N–H and O–H groups in total. The van der Waals surface area contributed by atoms with Crippen LogP contribution < -0.4 is 20.1 Å². The van der Waals surface area contributed by atoms with E-state index in [2.05, 4.69) is 26.6 Å². The number of hydrogen-bond donors (Lipinski definition) is 2. The van der Waals surface area contributed by atoms with Crippen LogP contribution in [-0.2, 0) is 11.3 Å². The lowest BCUT2D eigenvalue weighted by atomic mass is 10.2. The molecule has 1 saturated carbocycles. The minimum absolute atomic E-state index is 0.177. The third-order valence-electron chi connectivity index (χ3n) is 3.37. The van der Waals surface area contributed by atoms with E-state index in [9.17, 15) is 4.79 Å². The summed E-state index contributed by atoms with van der Waals surface area (Å²) in [6.45, 7) is 2.50. The lowest BCUT2D eigenvalue weighted by Crippen LogP contribution is -2.33. The zero-order chi connectivity index (χ0) is 15.4. The molecule has 116 valence electrons. The molecule has 0 aromatic heterocycles. The number of ether oxygens (including phenoxy) is 2. The van der Waals surface area contributed by atoms with Gasteiger partial charge in [-0.05, 0) is 53.4 Å². The van der Waals surface area contributed by atoms with Crippen LogP contribution in [0.15, 0.2) is 16.6 Å². The maximum absolute atomic E-state index is 11.6. The maximum Gasteiger partial charge on any atom is 0.260 e. The second-order valence-corrected chi connectivity index (χ2v) is 5.99. The van der Waals surface area contributed by atoms with E-state index < -0.39 is 6.10 Å². The van der Waals surface area contributed by atoms with Gasteiger partial charge in [-0.3, -0.25) is 4.79 Å². The molecular formula is C15H21BrN2O3. The van der Waals surface area contributed by atoms with E-state index in [0.717, 1.165) is 16.6 Å². The highest BCUT2D eigenvalue weighted by Gasteiger charge is 2.21. The minimum atomic E-state index is -0.587. The third-order valence-corrected chi connectivity index (χ3v) is 3.96. The first kappa shape index (κ1) is 16.1. The lowest BCUT2D eigenvalue weighted by Gasteiger charge is -2.18. The Balaban J connectivity index is 2.13. The van der Waals surface area contributed by atoms with E-state index in [0.29, 0.717) is 17.5 Å². The van der Waals surface area contributed by atoms with Gasteiger partial charge in [0.25, 0.3) is 5.91 Å². The molecule has 2 rings (SSSR count). The molecule has 5 nitrogen and oxygen atoms in total. The van der Waals surface area contributed by atoms with Gasteiger partial charge in [0.15, 0.2) is 17.6 Å². The zero-order valence-corrected chi connectivity index (χ0v) is 14.1. The van der Waals surface area contributed by atoms with E-state index >= 15 is 0 Å². The van der Waals surface area contributed by atoms with Crippen molar-refractivity contribution in [3.05, 3.63) is 22.2 Å². The predicted octanol–water partition coefficient (Wildman–Crippen LogP) is 2.22. The number of likely N-dealkylation sites (N-methyl/N-ethyl adjacent to an activating group) is 1. The van der Waals surface area contributed by atoms with Gasteiger partial charge in [-0.15, -0.1) is 0 Å². The summed E-state index contributed by atoms with van der Waals surface area (Å²) in [4.78, 5) is 11.6. The molecule has 0 aliphatic heterocycles. The molecule has 21 heavy (non-hydrogen) atoms. The van der Waals surface area contributed by atoms with Gasteiger partial charge >= 0.3 is 0 Å². The van der Waals surface area contributed by atoms with E-state index in [1.165, 1.54) is 12.8 Å². The molecule has 1 aliphatic rings.